The van der Waals surface area contributed by atoms with E-state index in [0.717, 1.165) is 17.7 Å². The smallest absolute Gasteiger partial charge is 0.220 e. The van der Waals surface area contributed by atoms with Crippen molar-refractivity contribution in [3.05, 3.63) is 29.8 Å². The summed E-state index contributed by atoms with van der Waals surface area (Å²) in [5.41, 5.74) is 6.44. The molecule has 1 rings (SSSR count). The lowest BCUT2D eigenvalue weighted by atomic mass is 10.2. The lowest BCUT2D eigenvalue weighted by molar-refractivity contribution is -0.121. The Kier molecular flexibility index (Phi) is 9.00. The molecule has 1 unspecified atom stereocenters. The number of hydrogen-bond donors (Lipinski definition) is 2. The van der Waals surface area contributed by atoms with Crippen molar-refractivity contribution in [3.8, 4) is 5.75 Å². The summed E-state index contributed by atoms with van der Waals surface area (Å²) in [6.45, 7) is 5.00. The van der Waals surface area contributed by atoms with Crippen LogP contribution in [0.4, 0.5) is 0 Å². The van der Waals surface area contributed by atoms with Gasteiger partial charge in [0.15, 0.2) is 0 Å². The maximum Gasteiger partial charge on any atom is 0.220 e. The summed E-state index contributed by atoms with van der Waals surface area (Å²) in [7, 11) is 0. The highest BCUT2D eigenvalue weighted by atomic mass is 35.5. The zero-order chi connectivity index (χ0) is 13.4. The fourth-order valence-corrected chi connectivity index (χ4v) is 1.56. The van der Waals surface area contributed by atoms with E-state index in [4.69, 9.17) is 10.5 Å². The van der Waals surface area contributed by atoms with Gasteiger partial charge in [0.25, 0.3) is 0 Å². The van der Waals surface area contributed by atoms with Crippen molar-refractivity contribution in [3.63, 3.8) is 0 Å². The first-order chi connectivity index (χ1) is 8.63. The third kappa shape index (κ3) is 7.03. The van der Waals surface area contributed by atoms with Crippen molar-refractivity contribution >= 4 is 18.3 Å². The molecule has 108 valence electrons. The van der Waals surface area contributed by atoms with E-state index in [-0.39, 0.29) is 24.4 Å². The van der Waals surface area contributed by atoms with Crippen LogP contribution in [0.15, 0.2) is 24.3 Å². The van der Waals surface area contributed by atoms with Gasteiger partial charge in [-0.2, -0.15) is 0 Å². The van der Waals surface area contributed by atoms with Crippen LogP contribution in [0.1, 0.15) is 25.3 Å². The number of hydrogen-bond acceptors (Lipinski definition) is 3. The van der Waals surface area contributed by atoms with Gasteiger partial charge >= 0.3 is 0 Å². The molecule has 4 nitrogen and oxygen atoms in total. The fourth-order valence-electron chi connectivity index (χ4n) is 1.56. The van der Waals surface area contributed by atoms with E-state index in [1.165, 1.54) is 0 Å². The predicted molar refractivity (Wildman–Crippen MR) is 79.8 cm³/mol. The molecule has 0 saturated heterocycles. The van der Waals surface area contributed by atoms with Gasteiger partial charge in [-0.15, -0.1) is 12.4 Å². The molecule has 0 saturated carbocycles. The molecule has 0 bridgehead atoms. The molecule has 0 heterocycles. The number of rotatable bonds is 7. The second-order valence-electron chi connectivity index (χ2n) is 4.39. The molecule has 1 aromatic rings. The van der Waals surface area contributed by atoms with Gasteiger partial charge < -0.3 is 15.8 Å². The quantitative estimate of drug-likeness (QED) is 0.806. The summed E-state index contributed by atoms with van der Waals surface area (Å²) in [5.74, 6) is 0.891. The highest BCUT2D eigenvalue weighted by Crippen LogP contribution is 2.17. The number of carbonyl (C=O) groups excluding carboxylic acids is 1. The van der Waals surface area contributed by atoms with Gasteiger partial charge in [-0.3, -0.25) is 4.79 Å². The van der Waals surface area contributed by atoms with Gasteiger partial charge in [-0.25, -0.2) is 0 Å². The molecular weight excluding hydrogens is 264 g/mol. The van der Waals surface area contributed by atoms with Gasteiger partial charge in [-0.05, 0) is 38.4 Å². The topological polar surface area (TPSA) is 64.3 Å². The number of carbonyl (C=O) groups is 1. The Labute approximate surface area is 121 Å². The van der Waals surface area contributed by atoms with Gasteiger partial charge in [-0.1, -0.05) is 18.2 Å². The molecule has 0 aromatic heterocycles. The van der Waals surface area contributed by atoms with Crippen molar-refractivity contribution in [2.45, 2.75) is 32.8 Å². The van der Waals surface area contributed by atoms with Crippen molar-refractivity contribution < 1.29 is 9.53 Å². The van der Waals surface area contributed by atoms with E-state index < -0.39 is 0 Å². The van der Waals surface area contributed by atoms with Crippen LogP contribution in [-0.4, -0.2) is 25.1 Å². The molecule has 3 N–H and O–H groups in total. The maximum atomic E-state index is 11.4. The largest absolute Gasteiger partial charge is 0.489 e. The van der Waals surface area contributed by atoms with Crippen LogP contribution in [0.2, 0.25) is 0 Å². The first-order valence-corrected chi connectivity index (χ1v) is 6.32. The van der Waals surface area contributed by atoms with Gasteiger partial charge in [0.1, 0.15) is 11.9 Å². The van der Waals surface area contributed by atoms with Crippen LogP contribution in [-0.2, 0) is 4.79 Å². The summed E-state index contributed by atoms with van der Waals surface area (Å²) >= 11 is 0. The molecule has 0 aliphatic carbocycles. The van der Waals surface area contributed by atoms with E-state index in [2.05, 4.69) is 5.32 Å². The molecule has 5 heteroatoms. The number of para-hydroxylation sites is 1. The Morgan fingerprint density at radius 3 is 2.74 bits per heavy atom. The third-order valence-electron chi connectivity index (χ3n) is 2.62. The number of amides is 1. The zero-order valence-electron chi connectivity index (χ0n) is 11.5. The number of aryl methyl sites for hydroxylation is 1. The monoisotopic (exact) mass is 286 g/mol. The van der Waals surface area contributed by atoms with Crippen LogP contribution in [0, 0.1) is 6.92 Å². The molecule has 1 amide bonds. The SMILES string of the molecule is Cc1ccccc1OC(C)CNC(=O)CCCN.Cl. The molecule has 0 aliphatic rings. The fraction of sp³-hybridized carbons (Fsp3) is 0.500. The average Bonchev–Trinajstić information content (AvgIpc) is 2.36. The number of nitrogens with one attached hydrogen (secondary N) is 1. The van der Waals surface area contributed by atoms with Crippen molar-refractivity contribution in [1.29, 1.82) is 0 Å². The molecular formula is C14H23ClN2O2. The molecule has 0 spiro atoms. The standard InChI is InChI=1S/C14H22N2O2.ClH/c1-11-6-3-4-7-13(11)18-12(2)10-16-14(17)8-5-9-15;/h3-4,6-7,12H,5,8-10,15H2,1-2H3,(H,16,17);1H. The minimum atomic E-state index is -0.0482. The van der Waals surface area contributed by atoms with E-state index in [0.29, 0.717) is 19.5 Å². The summed E-state index contributed by atoms with van der Waals surface area (Å²) in [4.78, 5) is 11.4. The normalized spacial score (nSPS) is 11.3. The number of benzene rings is 1. The summed E-state index contributed by atoms with van der Waals surface area (Å²) in [5, 5.41) is 2.84. The predicted octanol–water partition coefficient (Wildman–Crippen LogP) is 2.04. The Balaban J connectivity index is 0.00000324. The Morgan fingerprint density at radius 1 is 1.42 bits per heavy atom. The second kappa shape index (κ2) is 9.64. The van der Waals surface area contributed by atoms with E-state index in [9.17, 15) is 4.79 Å². The number of halogens is 1. The Bertz CT molecular complexity index is 385. The minimum Gasteiger partial charge on any atom is -0.489 e. The molecule has 1 aromatic carbocycles. The first-order valence-electron chi connectivity index (χ1n) is 6.32. The molecule has 0 fully saturated rings. The molecule has 19 heavy (non-hydrogen) atoms. The third-order valence-corrected chi connectivity index (χ3v) is 2.62. The van der Waals surface area contributed by atoms with Gasteiger partial charge in [0.2, 0.25) is 5.91 Å². The first kappa shape index (κ1) is 17.7. The highest BCUT2D eigenvalue weighted by Gasteiger charge is 2.07. The van der Waals surface area contributed by atoms with Crippen molar-refractivity contribution in [1.82, 2.24) is 5.32 Å². The Morgan fingerprint density at radius 2 is 2.11 bits per heavy atom. The Hall–Kier alpha value is -1.26. The van der Waals surface area contributed by atoms with Crippen LogP contribution in [0.3, 0.4) is 0 Å². The summed E-state index contributed by atoms with van der Waals surface area (Å²) in [6.07, 6.45) is 1.15. The zero-order valence-corrected chi connectivity index (χ0v) is 12.3. The summed E-state index contributed by atoms with van der Waals surface area (Å²) < 4.78 is 5.76. The summed E-state index contributed by atoms with van der Waals surface area (Å²) in [6, 6.07) is 7.85. The molecule has 0 aliphatic heterocycles. The van der Waals surface area contributed by atoms with Crippen LogP contribution in [0.5, 0.6) is 5.75 Å². The number of nitrogens with two attached hydrogens (primary N) is 1. The lowest BCUT2D eigenvalue weighted by Crippen LogP contribution is -2.33. The second-order valence-corrected chi connectivity index (χ2v) is 4.39. The average molecular weight is 287 g/mol. The van der Waals surface area contributed by atoms with Crippen LogP contribution in [0.25, 0.3) is 0 Å². The van der Waals surface area contributed by atoms with Crippen LogP contribution >= 0.6 is 12.4 Å². The lowest BCUT2D eigenvalue weighted by Gasteiger charge is -2.16. The highest BCUT2D eigenvalue weighted by molar-refractivity contribution is 5.85. The minimum absolute atomic E-state index is 0. The van der Waals surface area contributed by atoms with Crippen molar-refractivity contribution in [2.75, 3.05) is 13.1 Å². The molecule has 0 radical (unpaired) electrons. The number of ether oxygens (including phenoxy) is 1. The van der Waals surface area contributed by atoms with Gasteiger partial charge in [0.05, 0.1) is 6.54 Å². The van der Waals surface area contributed by atoms with Crippen molar-refractivity contribution in [2.24, 2.45) is 5.73 Å². The molecule has 1 atom stereocenters. The van der Waals surface area contributed by atoms with Gasteiger partial charge in [0, 0.05) is 6.42 Å². The van der Waals surface area contributed by atoms with E-state index in [1.54, 1.807) is 0 Å². The van der Waals surface area contributed by atoms with E-state index in [1.807, 2.05) is 38.1 Å². The van der Waals surface area contributed by atoms with E-state index >= 15 is 0 Å². The van der Waals surface area contributed by atoms with Crippen LogP contribution < -0.4 is 15.8 Å². The maximum absolute atomic E-state index is 11.4.